The quantitative estimate of drug-likeness (QED) is 0.882. The Labute approximate surface area is 147 Å². The molecule has 3 rings (SSSR count). The van der Waals surface area contributed by atoms with E-state index in [1.165, 1.54) is 6.42 Å². The molecule has 1 aromatic carbocycles. The van der Waals surface area contributed by atoms with Crippen molar-refractivity contribution >= 4 is 29.1 Å². The number of likely N-dealkylation sites (tertiary alicyclic amines) is 1. The van der Waals surface area contributed by atoms with Crippen LogP contribution < -0.4 is 10.6 Å². The van der Waals surface area contributed by atoms with Crippen LogP contribution in [-0.2, 0) is 4.79 Å². The van der Waals surface area contributed by atoms with Crippen LogP contribution in [0.5, 0.6) is 0 Å². The zero-order valence-corrected chi connectivity index (χ0v) is 14.7. The monoisotopic (exact) mass is 349 g/mol. The van der Waals surface area contributed by atoms with E-state index < -0.39 is 0 Å². The summed E-state index contributed by atoms with van der Waals surface area (Å²) in [6, 6.07) is 5.39. The van der Waals surface area contributed by atoms with Gasteiger partial charge in [-0.3, -0.25) is 9.59 Å². The van der Waals surface area contributed by atoms with Crippen molar-refractivity contribution in [2.24, 2.45) is 5.92 Å². The molecule has 130 valence electrons. The number of anilines is 1. The Morgan fingerprint density at radius 3 is 2.79 bits per heavy atom. The first kappa shape index (κ1) is 17.2. The summed E-state index contributed by atoms with van der Waals surface area (Å²) >= 11 is 6.32. The summed E-state index contributed by atoms with van der Waals surface area (Å²) in [7, 11) is 0. The fourth-order valence-electron chi connectivity index (χ4n) is 3.44. The third kappa shape index (κ3) is 3.73. The second-order valence-electron chi connectivity index (χ2n) is 6.72. The van der Waals surface area contributed by atoms with Crippen LogP contribution in [0.4, 0.5) is 5.69 Å². The van der Waals surface area contributed by atoms with Crippen LogP contribution in [0.1, 0.15) is 43.0 Å². The molecule has 0 bridgehead atoms. The summed E-state index contributed by atoms with van der Waals surface area (Å²) < 4.78 is 0. The van der Waals surface area contributed by atoms with E-state index >= 15 is 0 Å². The predicted molar refractivity (Wildman–Crippen MR) is 95.4 cm³/mol. The van der Waals surface area contributed by atoms with Gasteiger partial charge in [-0.2, -0.15) is 0 Å². The van der Waals surface area contributed by atoms with E-state index in [9.17, 15) is 9.59 Å². The minimum atomic E-state index is -0.0231. The molecule has 2 atom stereocenters. The Hall–Kier alpha value is -1.59. The molecule has 0 saturated carbocycles. The Morgan fingerprint density at radius 1 is 1.29 bits per heavy atom. The van der Waals surface area contributed by atoms with Crippen molar-refractivity contribution in [3.63, 3.8) is 0 Å². The van der Waals surface area contributed by atoms with Gasteiger partial charge in [0.2, 0.25) is 5.91 Å². The van der Waals surface area contributed by atoms with Gasteiger partial charge in [-0.25, -0.2) is 0 Å². The maximum atomic E-state index is 12.7. The lowest BCUT2D eigenvalue weighted by Crippen LogP contribution is -2.42. The minimum absolute atomic E-state index is 0.000189. The molecule has 6 heteroatoms. The van der Waals surface area contributed by atoms with Gasteiger partial charge < -0.3 is 15.5 Å². The molecule has 2 amide bonds. The highest BCUT2D eigenvalue weighted by Crippen LogP contribution is 2.26. The molecule has 2 saturated heterocycles. The van der Waals surface area contributed by atoms with Crippen LogP contribution in [0.2, 0.25) is 5.02 Å². The number of amides is 2. The molecule has 2 fully saturated rings. The molecule has 2 heterocycles. The summed E-state index contributed by atoms with van der Waals surface area (Å²) in [6.07, 6.45) is 4.09. The molecule has 0 radical (unpaired) electrons. The van der Waals surface area contributed by atoms with Gasteiger partial charge in [0.25, 0.3) is 5.91 Å². The summed E-state index contributed by atoms with van der Waals surface area (Å²) in [6.45, 7) is 4.45. The van der Waals surface area contributed by atoms with Gasteiger partial charge >= 0.3 is 0 Å². The third-order valence-corrected chi connectivity index (χ3v) is 5.27. The van der Waals surface area contributed by atoms with Crippen molar-refractivity contribution in [3.05, 3.63) is 28.8 Å². The summed E-state index contributed by atoms with van der Waals surface area (Å²) in [5.41, 5.74) is 1.14. The van der Waals surface area contributed by atoms with E-state index in [0.29, 0.717) is 22.8 Å². The zero-order valence-electron chi connectivity index (χ0n) is 14.0. The number of rotatable bonds is 3. The van der Waals surface area contributed by atoms with Crippen LogP contribution in [0, 0.1) is 5.92 Å². The third-order valence-electron chi connectivity index (χ3n) is 4.96. The Bertz CT molecular complexity index is 629. The van der Waals surface area contributed by atoms with Crippen LogP contribution in [0.15, 0.2) is 18.2 Å². The molecule has 2 unspecified atom stereocenters. The van der Waals surface area contributed by atoms with Crippen molar-refractivity contribution in [1.82, 2.24) is 10.2 Å². The average Bonchev–Trinajstić information content (AvgIpc) is 3.09. The van der Waals surface area contributed by atoms with E-state index in [1.54, 1.807) is 18.2 Å². The van der Waals surface area contributed by atoms with Gasteiger partial charge in [-0.05, 0) is 57.4 Å². The standard InChI is InChI=1S/C18H24ClN3O2/c1-12-4-2-3-9-22(12)18(24)15-6-5-14(10-16(15)19)21-17(23)13-7-8-20-11-13/h5-6,10,12-13,20H,2-4,7-9,11H2,1H3,(H,21,23). The second kappa shape index (κ2) is 7.53. The van der Waals surface area contributed by atoms with E-state index in [4.69, 9.17) is 11.6 Å². The van der Waals surface area contributed by atoms with Crippen molar-refractivity contribution < 1.29 is 9.59 Å². The van der Waals surface area contributed by atoms with Crippen molar-refractivity contribution in [2.75, 3.05) is 25.0 Å². The van der Waals surface area contributed by atoms with Gasteiger partial charge in [0, 0.05) is 24.8 Å². The Balaban J connectivity index is 1.69. The zero-order chi connectivity index (χ0) is 17.1. The first-order chi connectivity index (χ1) is 11.6. The van der Waals surface area contributed by atoms with Crippen LogP contribution in [-0.4, -0.2) is 42.4 Å². The van der Waals surface area contributed by atoms with Crippen LogP contribution in [0.3, 0.4) is 0 Å². The highest BCUT2D eigenvalue weighted by atomic mass is 35.5. The van der Waals surface area contributed by atoms with Crippen molar-refractivity contribution in [1.29, 1.82) is 0 Å². The van der Waals surface area contributed by atoms with Gasteiger partial charge in [0.1, 0.15) is 0 Å². The van der Waals surface area contributed by atoms with Crippen molar-refractivity contribution in [3.8, 4) is 0 Å². The number of halogens is 1. The molecule has 5 nitrogen and oxygen atoms in total. The highest BCUT2D eigenvalue weighted by molar-refractivity contribution is 6.34. The maximum absolute atomic E-state index is 12.7. The number of nitrogens with one attached hydrogen (secondary N) is 2. The number of nitrogens with zero attached hydrogens (tertiary/aromatic N) is 1. The number of hydrogen-bond donors (Lipinski definition) is 2. The minimum Gasteiger partial charge on any atom is -0.336 e. The normalized spacial score (nSPS) is 24.0. The second-order valence-corrected chi connectivity index (χ2v) is 7.12. The smallest absolute Gasteiger partial charge is 0.255 e. The number of piperidine rings is 1. The molecule has 0 aromatic heterocycles. The number of hydrogen-bond acceptors (Lipinski definition) is 3. The molecule has 2 aliphatic rings. The van der Waals surface area contributed by atoms with E-state index in [1.807, 2.05) is 4.90 Å². The van der Waals surface area contributed by atoms with E-state index in [0.717, 1.165) is 32.4 Å². The molecular formula is C18H24ClN3O2. The molecule has 2 N–H and O–H groups in total. The highest BCUT2D eigenvalue weighted by Gasteiger charge is 2.26. The fraction of sp³-hybridized carbons (Fsp3) is 0.556. The lowest BCUT2D eigenvalue weighted by molar-refractivity contribution is -0.119. The van der Waals surface area contributed by atoms with Crippen molar-refractivity contribution in [2.45, 2.75) is 38.6 Å². The van der Waals surface area contributed by atoms with E-state index in [2.05, 4.69) is 17.6 Å². The van der Waals surface area contributed by atoms with Gasteiger partial charge in [-0.15, -0.1) is 0 Å². The number of carbonyl (C=O) groups excluding carboxylic acids is 2. The summed E-state index contributed by atoms with van der Waals surface area (Å²) in [4.78, 5) is 26.8. The van der Waals surface area contributed by atoms with E-state index in [-0.39, 0.29) is 23.8 Å². The SMILES string of the molecule is CC1CCCCN1C(=O)c1ccc(NC(=O)C2CCNC2)cc1Cl. The Morgan fingerprint density at radius 2 is 2.12 bits per heavy atom. The summed E-state index contributed by atoms with van der Waals surface area (Å²) in [5, 5.41) is 6.46. The largest absolute Gasteiger partial charge is 0.336 e. The van der Waals surface area contributed by atoms with Gasteiger partial charge in [-0.1, -0.05) is 11.6 Å². The maximum Gasteiger partial charge on any atom is 0.255 e. The molecule has 24 heavy (non-hydrogen) atoms. The lowest BCUT2D eigenvalue weighted by atomic mass is 10.0. The molecule has 2 aliphatic heterocycles. The summed E-state index contributed by atoms with van der Waals surface area (Å²) in [5.74, 6) is -0.0239. The number of carbonyl (C=O) groups is 2. The molecular weight excluding hydrogens is 326 g/mol. The Kier molecular flexibility index (Phi) is 5.41. The van der Waals surface area contributed by atoms with Crippen LogP contribution in [0.25, 0.3) is 0 Å². The molecule has 0 aliphatic carbocycles. The van der Waals surface area contributed by atoms with Gasteiger partial charge in [0.05, 0.1) is 16.5 Å². The first-order valence-electron chi connectivity index (χ1n) is 8.68. The van der Waals surface area contributed by atoms with Crippen LogP contribution >= 0.6 is 11.6 Å². The van der Waals surface area contributed by atoms with Gasteiger partial charge in [0.15, 0.2) is 0 Å². The molecule has 0 spiro atoms. The fourth-order valence-corrected chi connectivity index (χ4v) is 3.70. The topological polar surface area (TPSA) is 61.4 Å². The lowest BCUT2D eigenvalue weighted by Gasteiger charge is -2.33. The predicted octanol–water partition coefficient (Wildman–Crippen LogP) is 2.90. The average molecular weight is 350 g/mol. The first-order valence-corrected chi connectivity index (χ1v) is 9.06. The number of benzene rings is 1. The molecule has 1 aromatic rings.